The van der Waals surface area contributed by atoms with E-state index in [1.165, 1.54) is 0 Å². The average molecular weight is 437 g/mol. The van der Waals surface area contributed by atoms with E-state index in [-0.39, 0.29) is 31.4 Å². The molecule has 0 aliphatic heterocycles. The molecule has 0 atom stereocenters. The molecule has 0 aliphatic rings. The lowest BCUT2D eigenvalue weighted by molar-refractivity contribution is -0.151. The molecular weight excluding hydrogens is 410 g/mol. The van der Waals surface area contributed by atoms with Crippen molar-refractivity contribution in [1.82, 2.24) is 10.2 Å². The van der Waals surface area contributed by atoms with Crippen LogP contribution in [-0.2, 0) is 20.9 Å². The highest BCUT2D eigenvalue weighted by Crippen LogP contribution is 2.15. The number of hydrogen-bond donors (Lipinski definition) is 1. The van der Waals surface area contributed by atoms with Gasteiger partial charge in [-0.2, -0.15) is 5.26 Å². The molecule has 0 aliphatic carbocycles. The van der Waals surface area contributed by atoms with Gasteiger partial charge in [0.25, 0.3) is 11.8 Å². The number of ether oxygens (including phenoxy) is 2. The van der Waals surface area contributed by atoms with Crippen LogP contribution in [0.15, 0.2) is 48.5 Å². The lowest BCUT2D eigenvalue weighted by atomic mass is 10.1. The van der Waals surface area contributed by atoms with E-state index in [9.17, 15) is 14.4 Å². The zero-order valence-electron chi connectivity index (χ0n) is 18.3. The summed E-state index contributed by atoms with van der Waals surface area (Å²) >= 11 is 0. The number of nitriles is 1. The van der Waals surface area contributed by atoms with E-state index in [4.69, 9.17) is 14.7 Å². The standard InChI is InChI=1S/C24H27N3O5/c1-3-27(4-2)22(28)17-32-23(29)12-13-26-24(30)20-6-5-7-21(14-20)31-16-19-10-8-18(15-25)9-11-19/h5-11,14H,3-4,12-13,16-17H2,1-2H3,(H,26,30). The summed E-state index contributed by atoms with van der Waals surface area (Å²) in [4.78, 5) is 37.6. The minimum Gasteiger partial charge on any atom is -0.489 e. The summed E-state index contributed by atoms with van der Waals surface area (Å²) in [6.45, 7) is 4.91. The number of benzene rings is 2. The zero-order chi connectivity index (χ0) is 23.3. The molecule has 0 radical (unpaired) electrons. The Balaban J connectivity index is 1.76. The highest BCUT2D eigenvalue weighted by Gasteiger charge is 2.13. The van der Waals surface area contributed by atoms with Gasteiger partial charge in [-0.3, -0.25) is 14.4 Å². The molecule has 2 aromatic carbocycles. The summed E-state index contributed by atoms with van der Waals surface area (Å²) in [6, 6.07) is 15.8. The van der Waals surface area contributed by atoms with Gasteiger partial charge in [0.2, 0.25) is 0 Å². The fourth-order valence-electron chi connectivity index (χ4n) is 2.83. The molecule has 2 rings (SSSR count). The molecule has 8 nitrogen and oxygen atoms in total. The first-order chi connectivity index (χ1) is 15.5. The number of amides is 2. The van der Waals surface area contributed by atoms with Crippen molar-refractivity contribution in [2.75, 3.05) is 26.2 Å². The smallest absolute Gasteiger partial charge is 0.308 e. The Morgan fingerprint density at radius 3 is 2.44 bits per heavy atom. The predicted octanol–water partition coefficient (Wildman–Crippen LogP) is 2.67. The maximum absolute atomic E-state index is 12.3. The first-order valence-electron chi connectivity index (χ1n) is 10.4. The van der Waals surface area contributed by atoms with Gasteiger partial charge in [0, 0.05) is 25.2 Å². The fraction of sp³-hybridized carbons (Fsp3) is 0.333. The number of carbonyl (C=O) groups excluding carboxylic acids is 3. The van der Waals surface area contributed by atoms with Crippen molar-refractivity contribution in [3.63, 3.8) is 0 Å². The van der Waals surface area contributed by atoms with Crippen LogP contribution in [0.1, 0.15) is 41.8 Å². The van der Waals surface area contributed by atoms with Gasteiger partial charge in [-0.25, -0.2) is 0 Å². The average Bonchev–Trinajstić information content (AvgIpc) is 2.82. The Bertz CT molecular complexity index is 962. The van der Waals surface area contributed by atoms with Crippen LogP contribution in [0.2, 0.25) is 0 Å². The van der Waals surface area contributed by atoms with Crippen LogP contribution in [0.3, 0.4) is 0 Å². The van der Waals surface area contributed by atoms with Crippen molar-refractivity contribution in [1.29, 1.82) is 5.26 Å². The van der Waals surface area contributed by atoms with Gasteiger partial charge in [0.05, 0.1) is 18.1 Å². The Morgan fingerprint density at radius 2 is 1.78 bits per heavy atom. The third-order valence-corrected chi connectivity index (χ3v) is 4.67. The molecule has 0 saturated heterocycles. The van der Waals surface area contributed by atoms with Gasteiger partial charge in [-0.05, 0) is 49.7 Å². The van der Waals surface area contributed by atoms with Crippen LogP contribution in [0, 0.1) is 11.3 Å². The van der Waals surface area contributed by atoms with Crippen molar-refractivity contribution >= 4 is 17.8 Å². The molecule has 1 N–H and O–H groups in total. The Morgan fingerprint density at radius 1 is 1.06 bits per heavy atom. The van der Waals surface area contributed by atoms with Crippen LogP contribution >= 0.6 is 0 Å². The molecule has 0 unspecified atom stereocenters. The second-order valence-corrected chi connectivity index (χ2v) is 6.86. The van der Waals surface area contributed by atoms with Gasteiger partial charge in [-0.15, -0.1) is 0 Å². The molecule has 0 spiro atoms. The quantitative estimate of drug-likeness (QED) is 0.542. The summed E-state index contributed by atoms with van der Waals surface area (Å²) in [6.07, 6.45) is -0.0356. The Hall–Kier alpha value is -3.86. The molecule has 0 saturated carbocycles. The largest absolute Gasteiger partial charge is 0.489 e. The highest BCUT2D eigenvalue weighted by atomic mass is 16.5. The molecule has 0 bridgehead atoms. The maximum atomic E-state index is 12.3. The maximum Gasteiger partial charge on any atom is 0.308 e. The van der Waals surface area contributed by atoms with Gasteiger partial charge in [0.15, 0.2) is 6.61 Å². The minimum atomic E-state index is -0.551. The number of rotatable bonds is 11. The number of nitrogens with one attached hydrogen (secondary N) is 1. The monoisotopic (exact) mass is 437 g/mol. The van der Waals surface area contributed by atoms with Gasteiger partial charge >= 0.3 is 5.97 Å². The fourth-order valence-corrected chi connectivity index (χ4v) is 2.83. The zero-order valence-corrected chi connectivity index (χ0v) is 18.3. The molecule has 0 aromatic heterocycles. The van der Waals surface area contributed by atoms with Crippen molar-refractivity contribution in [2.24, 2.45) is 0 Å². The van der Waals surface area contributed by atoms with Crippen LogP contribution in [0.5, 0.6) is 5.75 Å². The summed E-state index contributed by atoms with van der Waals surface area (Å²) in [5.41, 5.74) is 1.87. The van der Waals surface area contributed by atoms with Crippen LogP contribution in [0.25, 0.3) is 0 Å². The Labute approximate surface area is 187 Å². The van der Waals surface area contributed by atoms with E-state index in [1.54, 1.807) is 41.3 Å². The molecule has 2 aromatic rings. The third-order valence-electron chi connectivity index (χ3n) is 4.67. The normalized spacial score (nSPS) is 10.0. The summed E-state index contributed by atoms with van der Waals surface area (Å²) < 4.78 is 10.7. The lowest BCUT2D eigenvalue weighted by Crippen LogP contribution is -2.34. The first-order valence-corrected chi connectivity index (χ1v) is 10.4. The van der Waals surface area contributed by atoms with Gasteiger partial charge in [0.1, 0.15) is 12.4 Å². The SMILES string of the molecule is CCN(CC)C(=O)COC(=O)CCNC(=O)c1cccc(OCc2ccc(C#N)cc2)c1. The van der Waals surface area contributed by atoms with Crippen molar-refractivity contribution < 1.29 is 23.9 Å². The second kappa shape index (κ2) is 12.7. The van der Waals surface area contributed by atoms with Gasteiger partial charge < -0.3 is 19.7 Å². The molecule has 2 amide bonds. The highest BCUT2D eigenvalue weighted by molar-refractivity contribution is 5.94. The number of hydrogen-bond acceptors (Lipinski definition) is 6. The van der Waals surface area contributed by atoms with Crippen LogP contribution in [-0.4, -0.2) is 48.9 Å². The molecule has 0 fully saturated rings. The van der Waals surface area contributed by atoms with Crippen LogP contribution < -0.4 is 10.1 Å². The van der Waals surface area contributed by atoms with Gasteiger partial charge in [-0.1, -0.05) is 18.2 Å². The van der Waals surface area contributed by atoms with E-state index < -0.39 is 5.97 Å². The van der Waals surface area contributed by atoms with Crippen LogP contribution in [0.4, 0.5) is 0 Å². The lowest BCUT2D eigenvalue weighted by Gasteiger charge is -2.18. The van der Waals surface area contributed by atoms with E-state index in [1.807, 2.05) is 26.0 Å². The molecule has 32 heavy (non-hydrogen) atoms. The third kappa shape index (κ3) is 7.76. The summed E-state index contributed by atoms with van der Waals surface area (Å²) in [7, 11) is 0. The van der Waals surface area contributed by atoms with E-state index in [0.717, 1.165) is 5.56 Å². The van der Waals surface area contributed by atoms with Crippen molar-refractivity contribution in [3.8, 4) is 11.8 Å². The minimum absolute atomic E-state index is 0.0356. The Kier molecular flexibility index (Phi) is 9.72. The van der Waals surface area contributed by atoms with Crippen molar-refractivity contribution in [3.05, 3.63) is 65.2 Å². The van der Waals surface area contributed by atoms with E-state index in [2.05, 4.69) is 11.4 Å². The number of likely N-dealkylation sites (N-methyl/N-ethyl adjacent to an activating group) is 1. The molecular formula is C24H27N3O5. The number of esters is 1. The topological polar surface area (TPSA) is 109 Å². The second-order valence-electron chi connectivity index (χ2n) is 6.86. The first kappa shape index (κ1) is 24.4. The molecule has 8 heteroatoms. The summed E-state index contributed by atoms with van der Waals surface area (Å²) in [5, 5.41) is 11.5. The number of carbonyl (C=O) groups is 3. The number of nitrogens with zero attached hydrogens (tertiary/aromatic N) is 2. The van der Waals surface area contributed by atoms with Crippen molar-refractivity contribution in [2.45, 2.75) is 26.9 Å². The predicted molar refractivity (Wildman–Crippen MR) is 118 cm³/mol. The molecule has 0 heterocycles. The van der Waals surface area contributed by atoms with E-state index in [0.29, 0.717) is 36.6 Å². The molecule has 168 valence electrons. The van der Waals surface area contributed by atoms with E-state index >= 15 is 0 Å². The summed E-state index contributed by atoms with van der Waals surface area (Å²) in [5.74, 6) is -0.618.